The standard InChI is InChI=1S/C13H25N3O4/c1-12(2,3)20-11(19)16-6-5-14-10(7-16)15-13(4,8-17)9-18/h17-18H,5-9H2,1-4H3,(H,14,15). The third kappa shape index (κ3) is 4.97. The second-order valence-electron chi connectivity index (χ2n) is 6.23. The lowest BCUT2D eigenvalue weighted by Gasteiger charge is -2.34. The van der Waals surface area contributed by atoms with Crippen LogP contribution in [0.3, 0.4) is 0 Å². The van der Waals surface area contributed by atoms with E-state index in [1.54, 1.807) is 11.8 Å². The summed E-state index contributed by atoms with van der Waals surface area (Å²) in [6, 6.07) is 0. The van der Waals surface area contributed by atoms with Gasteiger partial charge in [-0.1, -0.05) is 0 Å². The summed E-state index contributed by atoms with van der Waals surface area (Å²) < 4.78 is 5.31. The number of rotatable bonds is 3. The molecule has 7 heteroatoms. The minimum atomic E-state index is -0.851. The lowest BCUT2D eigenvalue weighted by atomic mass is 10.1. The molecule has 1 heterocycles. The van der Waals surface area contributed by atoms with Gasteiger partial charge in [-0.2, -0.15) is 0 Å². The van der Waals surface area contributed by atoms with Crippen molar-refractivity contribution in [3.05, 3.63) is 0 Å². The molecule has 0 aliphatic carbocycles. The second-order valence-corrected chi connectivity index (χ2v) is 6.23. The highest BCUT2D eigenvalue weighted by Gasteiger charge is 2.29. The van der Waals surface area contributed by atoms with Gasteiger partial charge in [-0.15, -0.1) is 0 Å². The first-order valence-electron chi connectivity index (χ1n) is 6.70. The van der Waals surface area contributed by atoms with E-state index >= 15 is 0 Å². The molecule has 0 bridgehead atoms. The molecule has 0 aromatic rings. The predicted molar refractivity (Wildman–Crippen MR) is 75.8 cm³/mol. The van der Waals surface area contributed by atoms with Crippen molar-refractivity contribution in [3.63, 3.8) is 0 Å². The van der Waals surface area contributed by atoms with Crippen LogP contribution in [0.15, 0.2) is 4.99 Å². The molecular formula is C13H25N3O4. The average Bonchev–Trinajstić information content (AvgIpc) is 2.37. The van der Waals surface area contributed by atoms with Gasteiger partial charge in [0.25, 0.3) is 0 Å². The zero-order valence-electron chi connectivity index (χ0n) is 12.6. The van der Waals surface area contributed by atoms with Gasteiger partial charge in [0, 0.05) is 6.54 Å². The van der Waals surface area contributed by atoms with Crippen LogP contribution < -0.4 is 5.32 Å². The maximum Gasteiger partial charge on any atom is 0.410 e. The van der Waals surface area contributed by atoms with Crippen molar-refractivity contribution < 1.29 is 19.7 Å². The Balaban J connectivity index is 2.62. The van der Waals surface area contributed by atoms with Crippen LogP contribution in [0.4, 0.5) is 4.79 Å². The van der Waals surface area contributed by atoms with Crippen LogP contribution in [-0.4, -0.2) is 71.0 Å². The van der Waals surface area contributed by atoms with E-state index in [0.29, 0.717) is 18.9 Å². The summed E-state index contributed by atoms with van der Waals surface area (Å²) in [5.41, 5.74) is -1.39. The van der Waals surface area contributed by atoms with Crippen LogP contribution in [0.25, 0.3) is 0 Å². The number of nitrogens with zero attached hydrogens (tertiary/aromatic N) is 2. The van der Waals surface area contributed by atoms with E-state index in [1.807, 2.05) is 20.8 Å². The second kappa shape index (κ2) is 6.41. The van der Waals surface area contributed by atoms with E-state index in [4.69, 9.17) is 4.74 Å². The summed E-state index contributed by atoms with van der Waals surface area (Å²) in [7, 11) is 0. The third-order valence-corrected chi connectivity index (χ3v) is 2.81. The van der Waals surface area contributed by atoms with E-state index in [0.717, 1.165) is 0 Å². The van der Waals surface area contributed by atoms with Crippen LogP contribution in [0.2, 0.25) is 0 Å². The number of nitrogens with one attached hydrogen (secondary N) is 1. The number of aliphatic hydroxyl groups excluding tert-OH is 2. The summed E-state index contributed by atoms with van der Waals surface area (Å²) in [4.78, 5) is 17.8. The first-order valence-corrected chi connectivity index (χ1v) is 6.70. The lowest BCUT2D eigenvalue weighted by Crippen LogP contribution is -2.56. The van der Waals surface area contributed by atoms with Crippen molar-refractivity contribution in [2.75, 3.05) is 32.8 Å². The molecule has 20 heavy (non-hydrogen) atoms. The molecule has 1 amide bonds. The monoisotopic (exact) mass is 287 g/mol. The molecule has 0 saturated heterocycles. The molecule has 116 valence electrons. The van der Waals surface area contributed by atoms with Gasteiger partial charge in [0.05, 0.1) is 31.8 Å². The topological polar surface area (TPSA) is 94.4 Å². The number of carbonyl (C=O) groups excluding carboxylic acids is 1. The Bertz CT molecular complexity index is 372. The van der Waals surface area contributed by atoms with E-state index < -0.39 is 11.1 Å². The van der Waals surface area contributed by atoms with Crippen LogP contribution in [0, 0.1) is 0 Å². The number of aliphatic imine (C=N–C) groups is 1. The van der Waals surface area contributed by atoms with Gasteiger partial charge < -0.3 is 20.3 Å². The fourth-order valence-corrected chi connectivity index (χ4v) is 1.65. The van der Waals surface area contributed by atoms with Crippen LogP contribution in [-0.2, 0) is 4.74 Å². The summed E-state index contributed by atoms with van der Waals surface area (Å²) in [5.74, 6) is 0.563. The normalized spacial score (nSPS) is 16.7. The first-order chi connectivity index (χ1) is 9.19. The van der Waals surface area contributed by atoms with Crippen molar-refractivity contribution in [2.24, 2.45) is 4.99 Å². The van der Waals surface area contributed by atoms with Gasteiger partial charge in [-0.3, -0.25) is 9.89 Å². The van der Waals surface area contributed by atoms with Gasteiger partial charge in [0.1, 0.15) is 11.4 Å². The molecule has 0 aromatic carbocycles. The van der Waals surface area contributed by atoms with Gasteiger partial charge in [0.2, 0.25) is 0 Å². The van der Waals surface area contributed by atoms with Gasteiger partial charge in [0.15, 0.2) is 0 Å². The summed E-state index contributed by atoms with van der Waals surface area (Å²) in [6.07, 6.45) is -0.388. The summed E-state index contributed by atoms with van der Waals surface area (Å²) >= 11 is 0. The quantitative estimate of drug-likeness (QED) is 0.677. The molecule has 1 aliphatic heterocycles. The molecule has 0 spiro atoms. The SMILES string of the molecule is CC(CO)(CO)NC1=NCCN(C(=O)OC(C)(C)C)C1. The Morgan fingerprint density at radius 1 is 1.35 bits per heavy atom. The summed E-state index contributed by atoms with van der Waals surface area (Å²) in [5, 5.41) is 21.5. The van der Waals surface area contributed by atoms with Crippen molar-refractivity contribution >= 4 is 11.9 Å². The van der Waals surface area contributed by atoms with Crippen molar-refractivity contribution in [1.29, 1.82) is 0 Å². The van der Waals surface area contributed by atoms with Crippen molar-refractivity contribution in [1.82, 2.24) is 10.2 Å². The highest BCUT2D eigenvalue weighted by Crippen LogP contribution is 2.11. The molecular weight excluding hydrogens is 262 g/mol. The van der Waals surface area contributed by atoms with Crippen molar-refractivity contribution in [2.45, 2.75) is 38.8 Å². The molecule has 0 unspecified atom stereocenters. The zero-order chi connectivity index (χ0) is 15.4. The maximum absolute atomic E-state index is 12.0. The number of hydrogen-bond donors (Lipinski definition) is 3. The number of amidine groups is 1. The fraction of sp³-hybridized carbons (Fsp3) is 0.846. The smallest absolute Gasteiger partial charge is 0.410 e. The zero-order valence-corrected chi connectivity index (χ0v) is 12.6. The molecule has 1 rings (SSSR count). The molecule has 1 aliphatic rings. The van der Waals surface area contributed by atoms with Crippen LogP contribution in [0.1, 0.15) is 27.7 Å². The van der Waals surface area contributed by atoms with Crippen LogP contribution in [0.5, 0.6) is 0 Å². The molecule has 0 fully saturated rings. The first kappa shape index (κ1) is 16.7. The predicted octanol–water partition coefficient (Wildman–Crippen LogP) is -0.0315. The Morgan fingerprint density at radius 2 is 1.95 bits per heavy atom. The molecule has 3 N–H and O–H groups in total. The van der Waals surface area contributed by atoms with E-state index in [2.05, 4.69) is 10.3 Å². The van der Waals surface area contributed by atoms with Gasteiger partial charge >= 0.3 is 6.09 Å². The third-order valence-electron chi connectivity index (χ3n) is 2.81. The molecule has 7 nitrogen and oxygen atoms in total. The number of aliphatic hydroxyl groups is 2. The van der Waals surface area contributed by atoms with Gasteiger partial charge in [-0.25, -0.2) is 4.79 Å². The molecule has 0 saturated carbocycles. The Labute approximate surface area is 119 Å². The average molecular weight is 287 g/mol. The number of hydrogen-bond acceptors (Lipinski definition) is 6. The fourth-order valence-electron chi connectivity index (χ4n) is 1.65. The van der Waals surface area contributed by atoms with E-state index in [9.17, 15) is 15.0 Å². The molecule has 0 radical (unpaired) electrons. The number of amides is 1. The number of ether oxygens (including phenoxy) is 1. The number of carbonyl (C=O) groups is 1. The minimum Gasteiger partial charge on any atom is -0.444 e. The Kier molecular flexibility index (Phi) is 5.35. The van der Waals surface area contributed by atoms with Crippen molar-refractivity contribution in [3.8, 4) is 0 Å². The van der Waals surface area contributed by atoms with E-state index in [-0.39, 0.29) is 25.9 Å². The minimum absolute atomic E-state index is 0.227. The molecule has 0 atom stereocenters. The lowest BCUT2D eigenvalue weighted by molar-refractivity contribution is 0.0274. The molecule has 0 aromatic heterocycles. The largest absolute Gasteiger partial charge is 0.444 e. The maximum atomic E-state index is 12.0. The van der Waals surface area contributed by atoms with Gasteiger partial charge in [-0.05, 0) is 27.7 Å². The van der Waals surface area contributed by atoms with Crippen LogP contribution >= 0.6 is 0 Å². The highest BCUT2D eigenvalue weighted by atomic mass is 16.6. The highest BCUT2D eigenvalue weighted by molar-refractivity contribution is 5.88. The summed E-state index contributed by atoms with van der Waals surface area (Å²) in [6.45, 7) is 7.92. The van der Waals surface area contributed by atoms with E-state index in [1.165, 1.54) is 0 Å². The Hall–Kier alpha value is -1.34. The Morgan fingerprint density at radius 3 is 2.45 bits per heavy atom.